The number of nitrogens with one attached hydrogen (secondary N) is 1. The van der Waals surface area contributed by atoms with Crippen molar-refractivity contribution in [3.63, 3.8) is 0 Å². The predicted molar refractivity (Wildman–Crippen MR) is 121 cm³/mol. The minimum atomic E-state index is 0.689. The Kier molecular flexibility index (Phi) is 6.16. The zero-order valence-corrected chi connectivity index (χ0v) is 19.5. The summed E-state index contributed by atoms with van der Waals surface area (Å²) in [5.74, 6) is 0.756. The smallest absolute Gasteiger partial charge is 0.180 e. The second kappa shape index (κ2) is 8.97. The Labute approximate surface area is 190 Å². The fourth-order valence-corrected chi connectivity index (χ4v) is 4.10. The van der Waals surface area contributed by atoms with Crippen molar-refractivity contribution in [3.8, 4) is 0 Å². The van der Waals surface area contributed by atoms with Gasteiger partial charge in [0.2, 0.25) is 0 Å². The van der Waals surface area contributed by atoms with Gasteiger partial charge in [0.1, 0.15) is 9.21 Å². The molecule has 1 N–H and O–H groups in total. The molecule has 5 aromatic rings. The van der Waals surface area contributed by atoms with Crippen molar-refractivity contribution in [2.75, 3.05) is 5.32 Å². The van der Waals surface area contributed by atoms with E-state index in [-0.39, 0.29) is 0 Å². The Bertz CT molecular complexity index is 1250. The number of aromatic nitrogens is 7. The Hall–Kier alpha value is -2.37. The van der Waals surface area contributed by atoms with Gasteiger partial charge in [-0.3, -0.25) is 4.98 Å². The lowest BCUT2D eigenvalue weighted by Crippen LogP contribution is -2.04. The summed E-state index contributed by atoms with van der Waals surface area (Å²) in [4.78, 5) is 20.9. The van der Waals surface area contributed by atoms with E-state index in [4.69, 9.17) is 0 Å². The number of hydrogen-bond donors (Lipinski definition) is 1. The molecular weight excluding hydrogens is 568 g/mol. The van der Waals surface area contributed by atoms with E-state index in [1.807, 2.05) is 45.7 Å². The normalized spacial score (nSPS) is 10.7. The molecule has 0 spiro atoms. The van der Waals surface area contributed by atoms with Crippen molar-refractivity contribution in [1.82, 2.24) is 33.7 Å². The molecule has 0 radical (unpaired) electrons. The van der Waals surface area contributed by atoms with Gasteiger partial charge in [0.05, 0.1) is 0 Å². The Balaban J connectivity index is 0.000000159. The van der Waals surface area contributed by atoms with Gasteiger partial charge in [-0.2, -0.15) is 0 Å². The van der Waals surface area contributed by atoms with Crippen LogP contribution in [0.25, 0.3) is 11.3 Å². The summed E-state index contributed by atoms with van der Waals surface area (Å²) in [7, 11) is 0. The van der Waals surface area contributed by atoms with Crippen LogP contribution in [-0.4, -0.2) is 33.7 Å². The number of pyridine rings is 1. The zero-order chi connectivity index (χ0) is 20.2. The van der Waals surface area contributed by atoms with Gasteiger partial charge in [0.25, 0.3) is 0 Å². The van der Waals surface area contributed by atoms with Crippen molar-refractivity contribution in [1.29, 1.82) is 0 Å². The van der Waals surface area contributed by atoms with Gasteiger partial charge >= 0.3 is 0 Å². The summed E-state index contributed by atoms with van der Waals surface area (Å²) in [6, 6.07) is 3.93. The fraction of sp³-hybridized carbons (Fsp3) is 0.0556. The first kappa shape index (κ1) is 19.9. The molecule has 0 amide bonds. The zero-order valence-electron chi connectivity index (χ0n) is 14.7. The van der Waals surface area contributed by atoms with Crippen LogP contribution in [0.2, 0.25) is 0 Å². The van der Waals surface area contributed by atoms with E-state index >= 15 is 0 Å². The molecular formula is C18H13Br3N8. The van der Waals surface area contributed by atoms with Gasteiger partial charge < -0.3 is 14.1 Å². The number of halogens is 3. The third-order valence-corrected chi connectivity index (χ3v) is 5.15. The summed E-state index contributed by atoms with van der Waals surface area (Å²) in [6.07, 6.45) is 14.5. The van der Waals surface area contributed by atoms with E-state index < -0.39 is 0 Å². The van der Waals surface area contributed by atoms with E-state index in [9.17, 15) is 0 Å². The van der Waals surface area contributed by atoms with Gasteiger partial charge in [-0.1, -0.05) is 0 Å². The lowest BCUT2D eigenvalue weighted by atomic mass is 10.3. The fourth-order valence-electron chi connectivity index (χ4n) is 2.57. The van der Waals surface area contributed by atoms with Crippen molar-refractivity contribution in [2.24, 2.45) is 0 Å². The molecule has 0 aromatic carbocycles. The van der Waals surface area contributed by atoms with Gasteiger partial charge in [-0.25, -0.2) is 19.9 Å². The van der Waals surface area contributed by atoms with E-state index in [0.29, 0.717) is 6.54 Å². The SMILES string of the molecule is Brc1cn2ccnc2c(Br)n1.Brc1cn2ccnc2c(NCc2ccncc2)n1. The highest BCUT2D eigenvalue weighted by molar-refractivity contribution is 9.11. The average Bonchev–Trinajstić information content (AvgIpc) is 3.36. The van der Waals surface area contributed by atoms with Gasteiger partial charge in [-0.05, 0) is 65.5 Å². The highest BCUT2D eigenvalue weighted by Crippen LogP contribution is 2.18. The molecule has 0 aliphatic rings. The maximum absolute atomic E-state index is 4.40. The molecule has 0 atom stereocenters. The van der Waals surface area contributed by atoms with Gasteiger partial charge in [-0.15, -0.1) is 0 Å². The molecule has 0 aliphatic heterocycles. The van der Waals surface area contributed by atoms with Crippen LogP contribution in [-0.2, 0) is 6.54 Å². The summed E-state index contributed by atoms with van der Waals surface area (Å²) in [6.45, 7) is 0.689. The molecule has 0 saturated carbocycles. The molecule has 5 rings (SSSR count). The minimum Gasteiger partial charge on any atom is -0.363 e. The third kappa shape index (κ3) is 4.80. The molecule has 146 valence electrons. The molecule has 0 fully saturated rings. The van der Waals surface area contributed by atoms with Crippen LogP contribution in [0.3, 0.4) is 0 Å². The maximum atomic E-state index is 4.40. The second-order valence-corrected chi connectivity index (χ2v) is 8.17. The van der Waals surface area contributed by atoms with Crippen molar-refractivity contribution in [3.05, 3.63) is 81.1 Å². The lowest BCUT2D eigenvalue weighted by Gasteiger charge is -2.07. The monoisotopic (exact) mass is 578 g/mol. The molecule has 0 aliphatic carbocycles. The number of nitrogens with zero attached hydrogens (tertiary/aromatic N) is 7. The van der Waals surface area contributed by atoms with Crippen LogP contribution in [0.5, 0.6) is 0 Å². The van der Waals surface area contributed by atoms with Gasteiger partial charge in [0.15, 0.2) is 21.7 Å². The van der Waals surface area contributed by atoms with Crippen molar-refractivity contribution >= 4 is 64.9 Å². The standard InChI is InChI=1S/C12H10BrN5.C6H3Br2N3/c13-10-8-18-6-5-15-12(18)11(17-10)16-7-9-1-3-14-4-2-9;7-4-3-11-2-1-9-6(11)5(8)10-4/h1-6,8H,7H2,(H,16,17);1-3H. The Morgan fingerprint density at radius 3 is 2.14 bits per heavy atom. The molecule has 11 heteroatoms. The molecule has 8 nitrogen and oxygen atoms in total. The van der Waals surface area contributed by atoms with Crippen LogP contribution < -0.4 is 5.32 Å². The average molecular weight is 581 g/mol. The largest absolute Gasteiger partial charge is 0.363 e. The van der Waals surface area contributed by atoms with Crippen molar-refractivity contribution < 1.29 is 0 Å². The second-order valence-electron chi connectivity index (χ2n) is 5.79. The molecule has 0 bridgehead atoms. The first-order chi connectivity index (χ1) is 14.1. The van der Waals surface area contributed by atoms with E-state index in [1.165, 1.54) is 0 Å². The van der Waals surface area contributed by atoms with Crippen LogP contribution in [0.4, 0.5) is 5.82 Å². The quantitative estimate of drug-likeness (QED) is 0.331. The summed E-state index contributed by atoms with van der Waals surface area (Å²) in [5.41, 5.74) is 2.79. The highest BCUT2D eigenvalue weighted by atomic mass is 79.9. The van der Waals surface area contributed by atoms with Crippen LogP contribution >= 0.6 is 47.8 Å². The first-order valence-electron chi connectivity index (χ1n) is 8.37. The first-order valence-corrected chi connectivity index (χ1v) is 10.7. The van der Waals surface area contributed by atoms with E-state index in [2.05, 4.69) is 78.0 Å². The maximum Gasteiger partial charge on any atom is 0.180 e. The number of fused-ring (bicyclic) bond motifs is 2. The van der Waals surface area contributed by atoms with Crippen LogP contribution in [0.1, 0.15) is 5.56 Å². The number of rotatable bonds is 3. The van der Waals surface area contributed by atoms with Crippen LogP contribution in [0, 0.1) is 0 Å². The van der Waals surface area contributed by atoms with Gasteiger partial charge in [0, 0.05) is 56.1 Å². The van der Waals surface area contributed by atoms with E-state index in [1.54, 1.807) is 24.8 Å². The summed E-state index contributed by atoms with van der Waals surface area (Å²) < 4.78 is 6.12. The van der Waals surface area contributed by atoms with Crippen molar-refractivity contribution in [2.45, 2.75) is 6.54 Å². The summed E-state index contributed by atoms with van der Waals surface area (Å²) in [5, 5.41) is 3.28. The molecule has 5 heterocycles. The Morgan fingerprint density at radius 1 is 0.793 bits per heavy atom. The molecule has 5 aromatic heterocycles. The number of anilines is 1. The predicted octanol–water partition coefficient (Wildman–Crippen LogP) is 4.75. The Morgan fingerprint density at radius 2 is 1.41 bits per heavy atom. The number of imidazole rings is 2. The van der Waals surface area contributed by atoms with Crippen LogP contribution in [0.15, 0.2) is 75.5 Å². The minimum absolute atomic E-state index is 0.689. The topological polar surface area (TPSA) is 85.3 Å². The molecule has 0 saturated heterocycles. The lowest BCUT2D eigenvalue weighted by molar-refractivity contribution is 1.05. The summed E-state index contributed by atoms with van der Waals surface area (Å²) >= 11 is 9.97. The third-order valence-electron chi connectivity index (χ3n) is 3.86. The van der Waals surface area contributed by atoms with E-state index in [0.717, 1.165) is 36.5 Å². The molecule has 0 unspecified atom stereocenters. The highest BCUT2D eigenvalue weighted by Gasteiger charge is 2.06. The molecule has 29 heavy (non-hydrogen) atoms. The number of hydrogen-bond acceptors (Lipinski definition) is 6.